The van der Waals surface area contributed by atoms with Crippen LogP contribution >= 0.6 is 0 Å². The third-order valence-corrected chi connectivity index (χ3v) is 9.08. The third kappa shape index (κ3) is 34.0. The second-order valence-corrected chi connectivity index (χ2v) is 13.7. The summed E-state index contributed by atoms with van der Waals surface area (Å²) < 4.78 is 0. The molecule has 3 N–H and O–H groups in total. The number of carbonyl (C=O) groups excluding carboxylic acids is 1. The first kappa shape index (κ1) is 44.6. The summed E-state index contributed by atoms with van der Waals surface area (Å²) in [7, 11) is 0. The highest BCUT2D eigenvalue weighted by Gasteiger charge is 2.17. The minimum atomic E-state index is -0.856. The fourth-order valence-corrected chi connectivity index (χ4v) is 5.96. The van der Waals surface area contributed by atoms with E-state index in [1.807, 2.05) is 6.08 Å². The molecule has 0 fully saturated rings. The number of rotatable bonds is 36. The molecule has 1 amide bonds. The van der Waals surface area contributed by atoms with Gasteiger partial charge in [0.15, 0.2) is 0 Å². The summed E-state index contributed by atoms with van der Waals surface area (Å²) in [5, 5.41) is 22.7. The molecule has 0 heterocycles. The molecule has 270 valence electrons. The maximum absolute atomic E-state index is 12.3. The summed E-state index contributed by atoms with van der Waals surface area (Å²) >= 11 is 0. The number of hydrogen-bond acceptors (Lipinski definition) is 3. The van der Waals surface area contributed by atoms with E-state index in [4.69, 9.17) is 0 Å². The maximum atomic E-state index is 12.3. The molecule has 0 saturated heterocycles. The van der Waals surface area contributed by atoms with E-state index in [0.29, 0.717) is 6.42 Å². The molecule has 4 heteroatoms. The summed E-state index contributed by atoms with van der Waals surface area (Å²) in [6.07, 6.45) is 49.9. The number of aliphatic hydroxyl groups excluding tert-OH is 2. The van der Waals surface area contributed by atoms with E-state index in [-0.39, 0.29) is 12.5 Å². The average Bonchev–Trinajstić information content (AvgIpc) is 3.06. The highest BCUT2D eigenvalue weighted by Crippen LogP contribution is 2.15. The Labute approximate surface area is 287 Å². The van der Waals surface area contributed by atoms with Crippen LogP contribution in [-0.2, 0) is 4.79 Å². The van der Waals surface area contributed by atoms with Gasteiger partial charge in [-0.1, -0.05) is 185 Å². The van der Waals surface area contributed by atoms with Crippen LogP contribution in [0.2, 0.25) is 0 Å². The number of nitrogens with one attached hydrogen (secondary N) is 1. The van der Waals surface area contributed by atoms with Gasteiger partial charge in [0.25, 0.3) is 0 Å². The Balaban J connectivity index is 3.43. The van der Waals surface area contributed by atoms with Gasteiger partial charge < -0.3 is 15.5 Å². The van der Waals surface area contributed by atoms with Crippen molar-refractivity contribution in [2.75, 3.05) is 6.61 Å². The van der Waals surface area contributed by atoms with Crippen molar-refractivity contribution in [3.05, 3.63) is 36.5 Å². The van der Waals surface area contributed by atoms with Crippen molar-refractivity contribution >= 4 is 5.91 Å². The summed E-state index contributed by atoms with van der Waals surface area (Å²) in [5.74, 6) is -0.0780. The van der Waals surface area contributed by atoms with Crippen LogP contribution in [0.3, 0.4) is 0 Å². The maximum Gasteiger partial charge on any atom is 0.220 e. The minimum Gasteiger partial charge on any atom is -0.394 e. The van der Waals surface area contributed by atoms with E-state index < -0.39 is 12.1 Å². The Kier molecular flexibility index (Phi) is 36.9. The minimum absolute atomic E-state index is 0.0780. The van der Waals surface area contributed by atoms with Crippen molar-refractivity contribution in [3.8, 4) is 0 Å². The fraction of sp³-hybridized carbons (Fsp3) is 0.833. The van der Waals surface area contributed by atoms with Gasteiger partial charge >= 0.3 is 0 Å². The predicted molar refractivity (Wildman–Crippen MR) is 202 cm³/mol. The van der Waals surface area contributed by atoms with Gasteiger partial charge in [-0.15, -0.1) is 0 Å². The molecule has 0 aliphatic rings. The van der Waals surface area contributed by atoms with Gasteiger partial charge in [-0.3, -0.25) is 4.79 Å². The molecule has 0 saturated carbocycles. The molecule has 0 aliphatic carbocycles. The van der Waals surface area contributed by atoms with Crippen LogP contribution in [0.1, 0.15) is 206 Å². The van der Waals surface area contributed by atoms with Crippen molar-refractivity contribution in [2.24, 2.45) is 0 Å². The Hall–Kier alpha value is -1.39. The van der Waals surface area contributed by atoms with Gasteiger partial charge in [-0.25, -0.2) is 0 Å². The van der Waals surface area contributed by atoms with Gasteiger partial charge in [0.1, 0.15) is 0 Å². The third-order valence-electron chi connectivity index (χ3n) is 9.08. The van der Waals surface area contributed by atoms with Crippen molar-refractivity contribution < 1.29 is 15.0 Å². The highest BCUT2D eigenvalue weighted by molar-refractivity contribution is 5.76. The first-order chi connectivity index (χ1) is 22.7. The lowest BCUT2D eigenvalue weighted by molar-refractivity contribution is -0.123. The van der Waals surface area contributed by atoms with Crippen molar-refractivity contribution in [3.63, 3.8) is 0 Å². The number of unbranched alkanes of at least 4 members (excludes halogenated alkanes) is 25. The Bertz CT molecular complexity index is 701. The molecular formula is C42H79NO3. The molecule has 0 aromatic rings. The molecule has 2 unspecified atom stereocenters. The zero-order valence-corrected chi connectivity index (χ0v) is 30.8. The molecule has 0 spiro atoms. The van der Waals surface area contributed by atoms with E-state index in [9.17, 15) is 15.0 Å². The van der Waals surface area contributed by atoms with Crippen LogP contribution in [0.25, 0.3) is 0 Å². The molecule has 0 rings (SSSR count). The standard InChI is InChI=1S/C42H79NO3/c1-3-5-7-9-11-12-13-14-15-16-17-18-19-20-21-22-23-24-25-26-27-28-29-30-32-34-36-38-42(46)43-40(39-44)41(45)37-35-33-31-10-8-6-4-2/h8,10,16-17,35,37,40-41,44-45H,3-7,9,11-15,18-34,36,38-39H2,1-2H3,(H,43,46)/b10-8+,17-16-,37-35+. The Morgan fingerprint density at radius 2 is 0.891 bits per heavy atom. The Morgan fingerprint density at radius 1 is 0.500 bits per heavy atom. The molecule has 0 radical (unpaired) electrons. The molecule has 4 nitrogen and oxygen atoms in total. The average molecular weight is 646 g/mol. The molecular weight excluding hydrogens is 566 g/mol. The number of amides is 1. The van der Waals surface area contributed by atoms with Crippen LogP contribution in [-0.4, -0.2) is 34.9 Å². The van der Waals surface area contributed by atoms with Crippen molar-refractivity contribution in [1.29, 1.82) is 0 Å². The number of hydrogen-bond donors (Lipinski definition) is 3. The summed E-state index contributed by atoms with van der Waals surface area (Å²) in [4.78, 5) is 12.3. The molecule has 0 aliphatic heterocycles. The van der Waals surface area contributed by atoms with Gasteiger partial charge in [-0.2, -0.15) is 0 Å². The van der Waals surface area contributed by atoms with E-state index in [0.717, 1.165) is 38.5 Å². The topological polar surface area (TPSA) is 69.6 Å². The lowest BCUT2D eigenvalue weighted by atomic mass is 10.0. The van der Waals surface area contributed by atoms with Gasteiger partial charge in [-0.05, 0) is 51.4 Å². The quantitative estimate of drug-likeness (QED) is 0.0469. The molecule has 46 heavy (non-hydrogen) atoms. The summed E-state index contributed by atoms with van der Waals surface area (Å²) in [5.41, 5.74) is 0. The lowest BCUT2D eigenvalue weighted by Crippen LogP contribution is -2.45. The smallest absolute Gasteiger partial charge is 0.220 e. The first-order valence-electron chi connectivity index (χ1n) is 20.2. The van der Waals surface area contributed by atoms with E-state index in [1.165, 1.54) is 148 Å². The predicted octanol–water partition coefficient (Wildman–Crippen LogP) is 12.2. The van der Waals surface area contributed by atoms with Gasteiger partial charge in [0.05, 0.1) is 18.8 Å². The van der Waals surface area contributed by atoms with Gasteiger partial charge in [0, 0.05) is 6.42 Å². The van der Waals surface area contributed by atoms with Crippen LogP contribution < -0.4 is 5.32 Å². The zero-order valence-electron chi connectivity index (χ0n) is 30.8. The number of aliphatic hydroxyl groups is 2. The van der Waals surface area contributed by atoms with E-state index in [2.05, 4.69) is 43.5 Å². The lowest BCUT2D eigenvalue weighted by Gasteiger charge is -2.19. The SMILES string of the molecule is CCC/C=C/CC/C=C/C(O)C(CO)NC(=O)CCCCCCCCCCCCCCCCC/C=C\CCCCCCCCCC. The monoisotopic (exact) mass is 646 g/mol. The number of allylic oxidation sites excluding steroid dienone is 5. The Morgan fingerprint density at radius 3 is 1.35 bits per heavy atom. The second kappa shape index (κ2) is 38.1. The molecule has 0 aromatic heterocycles. The van der Waals surface area contributed by atoms with Crippen molar-refractivity contribution in [2.45, 2.75) is 219 Å². The van der Waals surface area contributed by atoms with Crippen LogP contribution in [0.15, 0.2) is 36.5 Å². The molecule has 0 bridgehead atoms. The largest absolute Gasteiger partial charge is 0.394 e. The summed E-state index contributed by atoms with van der Waals surface area (Å²) in [6.45, 7) is 4.19. The molecule has 0 aromatic carbocycles. The van der Waals surface area contributed by atoms with E-state index in [1.54, 1.807) is 6.08 Å². The van der Waals surface area contributed by atoms with E-state index >= 15 is 0 Å². The zero-order chi connectivity index (χ0) is 33.6. The number of carbonyl (C=O) groups is 1. The van der Waals surface area contributed by atoms with Crippen LogP contribution in [0.4, 0.5) is 0 Å². The molecule has 2 atom stereocenters. The summed E-state index contributed by atoms with van der Waals surface area (Å²) in [6, 6.07) is -0.633. The van der Waals surface area contributed by atoms with Crippen LogP contribution in [0.5, 0.6) is 0 Å². The van der Waals surface area contributed by atoms with Crippen LogP contribution in [0, 0.1) is 0 Å². The fourth-order valence-electron chi connectivity index (χ4n) is 5.96. The van der Waals surface area contributed by atoms with Gasteiger partial charge in [0.2, 0.25) is 5.91 Å². The van der Waals surface area contributed by atoms with Crippen molar-refractivity contribution in [1.82, 2.24) is 5.32 Å². The first-order valence-corrected chi connectivity index (χ1v) is 20.2. The normalized spacial score (nSPS) is 13.4. The second-order valence-electron chi connectivity index (χ2n) is 13.7. The highest BCUT2D eigenvalue weighted by atomic mass is 16.3.